The lowest BCUT2D eigenvalue weighted by molar-refractivity contribution is 1.19. The third-order valence-electron chi connectivity index (χ3n) is 12.3. The van der Waals surface area contributed by atoms with Crippen molar-refractivity contribution in [2.24, 2.45) is 0 Å². The molecule has 0 saturated carbocycles. The summed E-state index contributed by atoms with van der Waals surface area (Å²) in [4.78, 5) is 11.2. The van der Waals surface area contributed by atoms with Crippen LogP contribution in [0.3, 0.4) is 0 Å². The van der Waals surface area contributed by atoms with Gasteiger partial charge in [0.25, 0.3) is 0 Å². The Kier molecular flexibility index (Phi) is 11.4. The minimum Gasteiger partial charge on any atom is -0.244 e. The molecular weight excluding hydrogens is 930 g/mol. The van der Waals surface area contributed by atoms with Crippen molar-refractivity contribution in [1.29, 1.82) is 0 Å². The van der Waals surface area contributed by atoms with E-state index in [1.807, 2.05) is 0 Å². The second-order valence-electron chi connectivity index (χ2n) is 16.4. The van der Waals surface area contributed by atoms with Crippen LogP contribution in [-0.2, 0) is 0 Å². The number of hydrogen-bond acceptors (Lipinski definition) is 2. The van der Waals surface area contributed by atoms with Crippen molar-refractivity contribution in [3.05, 3.63) is 156 Å². The highest BCUT2D eigenvalue weighted by atomic mass is 127. The first-order valence-corrected chi connectivity index (χ1v) is 22.1. The van der Waals surface area contributed by atoms with Crippen LogP contribution in [0, 0.1) is 128 Å². The Morgan fingerprint density at radius 2 is 0.672 bits per heavy atom. The van der Waals surface area contributed by atoms with Crippen LogP contribution in [0.2, 0.25) is 0 Å². The van der Waals surface area contributed by atoms with E-state index in [1.54, 1.807) is 0 Å². The molecule has 290 valence electrons. The highest BCUT2D eigenvalue weighted by molar-refractivity contribution is 14.1. The predicted octanol–water partition coefficient (Wildman–Crippen LogP) is 14.4. The summed E-state index contributed by atoms with van der Waals surface area (Å²) in [5, 5.41) is 2.02. The zero-order valence-electron chi connectivity index (χ0n) is 36.3. The molecule has 4 heteroatoms. The van der Waals surface area contributed by atoms with Crippen molar-refractivity contribution in [2.45, 2.75) is 96.9 Å². The number of rotatable bonds is 2. The van der Waals surface area contributed by atoms with Gasteiger partial charge in [0, 0.05) is 40.2 Å². The van der Waals surface area contributed by atoms with Gasteiger partial charge in [0.15, 0.2) is 0 Å². The van der Waals surface area contributed by atoms with Crippen molar-refractivity contribution in [3.8, 4) is 46.2 Å². The molecule has 0 unspecified atom stereocenters. The molecule has 58 heavy (non-hydrogen) atoms. The quantitative estimate of drug-likeness (QED) is 0.0980. The molecule has 2 aromatic heterocycles. The second-order valence-corrected chi connectivity index (χ2v) is 18.6. The molecule has 2 heterocycles. The Bertz CT molecular complexity index is 2750. The number of fused-ring (bicyclic) bond motifs is 3. The lowest BCUT2D eigenvalue weighted by Crippen LogP contribution is -2.01. The first kappa shape index (κ1) is 41.7. The maximum absolute atomic E-state index is 5.60. The van der Waals surface area contributed by atoms with Crippen LogP contribution in [0.25, 0.3) is 44.3 Å². The van der Waals surface area contributed by atoms with E-state index in [1.165, 1.54) is 85.0 Å². The molecule has 7 aromatic rings. The molecule has 0 spiro atoms. The molecule has 0 fully saturated rings. The molecule has 0 atom stereocenters. The van der Waals surface area contributed by atoms with Gasteiger partial charge in [-0.15, -0.1) is 0 Å². The van der Waals surface area contributed by atoms with Crippen molar-refractivity contribution in [1.82, 2.24) is 9.97 Å². The molecule has 0 aliphatic carbocycles. The highest BCUT2D eigenvalue weighted by Gasteiger charge is 2.20. The SMILES string of the molecule is Cc1cc(C)c(-c2nc3c(ccc4cc(C#Cc5c(C)c(C)c(I)c(C)c5C)c(-c5c(C)cc(C)cc5C)nc43)cc2C#Cc2c(C)c(C)c(I)c(C)c2C)c(C)c1. The summed E-state index contributed by atoms with van der Waals surface area (Å²) in [7, 11) is 0. The molecule has 0 amide bonds. The molecule has 0 radical (unpaired) electrons. The van der Waals surface area contributed by atoms with Crippen LogP contribution in [0.4, 0.5) is 0 Å². The first-order valence-electron chi connectivity index (χ1n) is 19.9. The van der Waals surface area contributed by atoms with Crippen LogP contribution in [0.1, 0.15) is 100 Å². The number of aromatic nitrogens is 2. The molecule has 0 saturated heterocycles. The maximum atomic E-state index is 5.60. The van der Waals surface area contributed by atoms with E-state index < -0.39 is 0 Å². The van der Waals surface area contributed by atoms with Crippen LogP contribution in [0.5, 0.6) is 0 Å². The maximum Gasteiger partial charge on any atom is 0.0973 e. The minimum absolute atomic E-state index is 0.865. The van der Waals surface area contributed by atoms with Crippen LogP contribution in [0.15, 0.2) is 48.5 Å². The normalized spacial score (nSPS) is 11.2. The number of nitrogens with zero attached hydrogens (tertiary/aromatic N) is 2. The van der Waals surface area contributed by atoms with Gasteiger partial charge in [0.05, 0.1) is 33.5 Å². The highest BCUT2D eigenvalue weighted by Crippen LogP contribution is 2.37. The summed E-state index contributed by atoms with van der Waals surface area (Å²) in [5.41, 5.74) is 27.1. The molecule has 0 N–H and O–H groups in total. The van der Waals surface area contributed by atoms with Gasteiger partial charge in [-0.1, -0.05) is 71.2 Å². The summed E-state index contributed by atoms with van der Waals surface area (Å²) in [6, 6.07) is 17.8. The Morgan fingerprint density at radius 3 is 0.966 bits per heavy atom. The third kappa shape index (κ3) is 7.26. The Hall–Kier alpha value is -4.50. The molecule has 2 nitrogen and oxygen atoms in total. The van der Waals surface area contributed by atoms with Crippen LogP contribution in [-0.4, -0.2) is 9.97 Å². The second kappa shape index (κ2) is 15.9. The first-order chi connectivity index (χ1) is 27.4. The van der Waals surface area contributed by atoms with Gasteiger partial charge in [0.1, 0.15) is 0 Å². The van der Waals surface area contributed by atoms with Crippen molar-refractivity contribution in [3.63, 3.8) is 0 Å². The van der Waals surface area contributed by atoms with Gasteiger partial charge in [0.2, 0.25) is 0 Å². The molecule has 5 aromatic carbocycles. The largest absolute Gasteiger partial charge is 0.244 e. The Labute approximate surface area is 373 Å². The van der Waals surface area contributed by atoms with E-state index in [-0.39, 0.29) is 0 Å². The van der Waals surface area contributed by atoms with Crippen molar-refractivity contribution in [2.75, 3.05) is 0 Å². The Morgan fingerprint density at radius 1 is 0.379 bits per heavy atom. The Balaban J connectivity index is 1.56. The lowest BCUT2D eigenvalue weighted by atomic mass is 9.91. The van der Waals surface area contributed by atoms with Gasteiger partial charge in [-0.2, -0.15) is 0 Å². The van der Waals surface area contributed by atoms with Gasteiger partial charge < -0.3 is 0 Å². The number of benzene rings is 5. The average Bonchev–Trinajstić information content (AvgIpc) is 3.17. The fourth-order valence-electron chi connectivity index (χ4n) is 8.72. The predicted molar refractivity (Wildman–Crippen MR) is 265 cm³/mol. The van der Waals surface area contributed by atoms with E-state index in [2.05, 4.69) is 214 Å². The summed E-state index contributed by atoms with van der Waals surface area (Å²) in [6.45, 7) is 30.6. The van der Waals surface area contributed by atoms with Crippen LogP contribution >= 0.6 is 45.2 Å². The van der Waals surface area contributed by atoms with E-state index in [0.717, 1.165) is 66.6 Å². The number of halogens is 2. The minimum atomic E-state index is 0.865. The van der Waals surface area contributed by atoms with Gasteiger partial charge >= 0.3 is 0 Å². The molecule has 0 bridgehead atoms. The van der Waals surface area contributed by atoms with Crippen molar-refractivity contribution >= 4 is 67.0 Å². The average molecular weight is 981 g/mol. The standard InChI is InChI=1S/C54H50I2N2/c1-27-21-29(3)47(30(4)22-27)51-41(17-19-45-33(7)37(11)49(55)38(12)34(45)8)25-43-15-16-44-26-42(18-20-46-35(9)39(13)50(56)40(14)36(46)10)52(58-54(44)53(43)57-51)48-31(5)23-28(2)24-32(48)6/h15-16,21-26H,1-14H3. The van der Waals surface area contributed by atoms with Gasteiger partial charge in [-0.25, -0.2) is 9.97 Å². The topological polar surface area (TPSA) is 25.8 Å². The van der Waals surface area contributed by atoms with E-state index >= 15 is 0 Å². The zero-order valence-corrected chi connectivity index (χ0v) is 40.6. The van der Waals surface area contributed by atoms with Gasteiger partial charge in [-0.3, -0.25) is 0 Å². The third-order valence-corrected chi connectivity index (χ3v) is 15.5. The molecule has 0 aliphatic rings. The molecule has 7 rings (SSSR count). The zero-order chi connectivity index (χ0) is 42.1. The molecular formula is C54H50I2N2. The smallest absolute Gasteiger partial charge is 0.0973 e. The number of aryl methyl sites for hydroxylation is 6. The summed E-state index contributed by atoms with van der Waals surface area (Å²) in [6.07, 6.45) is 0. The van der Waals surface area contributed by atoms with E-state index in [4.69, 9.17) is 9.97 Å². The fourth-order valence-corrected chi connectivity index (χ4v) is 10.3. The monoisotopic (exact) mass is 980 g/mol. The number of pyridine rings is 2. The summed E-state index contributed by atoms with van der Waals surface area (Å²) in [5.74, 6) is 14.6. The van der Waals surface area contributed by atoms with E-state index in [9.17, 15) is 0 Å². The van der Waals surface area contributed by atoms with E-state index in [0.29, 0.717) is 0 Å². The fraction of sp³-hybridized carbons (Fsp3) is 0.259. The molecule has 0 aliphatic heterocycles. The lowest BCUT2D eigenvalue weighted by Gasteiger charge is -2.17. The summed E-state index contributed by atoms with van der Waals surface area (Å²) < 4.78 is 2.62. The summed E-state index contributed by atoms with van der Waals surface area (Å²) >= 11 is 4.94. The van der Waals surface area contributed by atoms with Crippen molar-refractivity contribution < 1.29 is 0 Å². The van der Waals surface area contributed by atoms with Gasteiger partial charge in [-0.05, 0) is 221 Å². The number of hydrogen-bond donors (Lipinski definition) is 0. The van der Waals surface area contributed by atoms with Crippen LogP contribution < -0.4 is 0 Å².